The molecule has 1 saturated heterocycles. The standard InChI is InChI=1S/C13H19N3O2/c14-11-9-10(17)5-6-12(11)15-13(18)16-7-3-1-2-4-8-16/h5-6,9,17H,1-4,7-8,14H2,(H,15,18). The van der Waals surface area contributed by atoms with E-state index < -0.39 is 0 Å². The van der Waals surface area contributed by atoms with Crippen molar-refractivity contribution in [3.63, 3.8) is 0 Å². The van der Waals surface area contributed by atoms with Crippen LogP contribution >= 0.6 is 0 Å². The Bertz CT molecular complexity index is 426. The fourth-order valence-corrected chi connectivity index (χ4v) is 2.13. The van der Waals surface area contributed by atoms with Gasteiger partial charge in [0.2, 0.25) is 0 Å². The van der Waals surface area contributed by atoms with Gasteiger partial charge in [0.25, 0.3) is 0 Å². The van der Waals surface area contributed by atoms with Gasteiger partial charge in [-0.25, -0.2) is 4.79 Å². The van der Waals surface area contributed by atoms with Crippen LogP contribution in [0.2, 0.25) is 0 Å². The number of hydrogen-bond donors (Lipinski definition) is 3. The molecule has 98 valence electrons. The molecule has 1 aliphatic heterocycles. The average molecular weight is 249 g/mol. The maximum atomic E-state index is 12.1. The number of anilines is 2. The first kappa shape index (κ1) is 12.5. The number of carbonyl (C=O) groups excluding carboxylic acids is 1. The van der Waals surface area contributed by atoms with Gasteiger partial charge in [-0.3, -0.25) is 0 Å². The van der Waals surface area contributed by atoms with E-state index in [1.54, 1.807) is 6.07 Å². The molecular weight excluding hydrogens is 230 g/mol. The van der Waals surface area contributed by atoms with Crippen LogP contribution in [-0.2, 0) is 0 Å². The van der Waals surface area contributed by atoms with E-state index in [9.17, 15) is 9.90 Å². The number of nitrogen functional groups attached to an aromatic ring is 1. The van der Waals surface area contributed by atoms with E-state index in [0.29, 0.717) is 11.4 Å². The van der Waals surface area contributed by atoms with Crippen LogP contribution < -0.4 is 11.1 Å². The minimum absolute atomic E-state index is 0.0975. The van der Waals surface area contributed by atoms with Crippen molar-refractivity contribution >= 4 is 17.4 Å². The Labute approximate surface area is 107 Å². The fourth-order valence-electron chi connectivity index (χ4n) is 2.13. The van der Waals surface area contributed by atoms with E-state index in [1.165, 1.54) is 25.0 Å². The lowest BCUT2D eigenvalue weighted by Crippen LogP contribution is -2.35. The number of benzene rings is 1. The summed E-state index contributed by atoms with van der Waals surface area (Å²) in [6, 6.07) is 4.43. The number of urea groups is 1. The van der Waals surface area contributed by atoms with Crippen LogP contribution in [0.3, 0.4) is 0 Å². The lowest BCUT2D eigenvalue weighted by molar-refractivity contribution is 0.214. The molecule has 1 fully saturated rings. The van der Waals surface area contributed by atoms with Gasteiger partial charge >= 0.3 is 6.03 Å². The summed E-state index contributed by atoms with van der Waals surface area (Å²) in [7, 11) is 0. The van der Waals surface area contributed by atoms with E-state index in [4.69, 9.17) is 5.73 Å². The highest BCUT2D eigenvalue weighted by molar-refractivity contribution is 5.92. The Kier molecular flexibility index (Phi) is 3.92. The highest BCUT2D eigenvalue weighted by Gasteiger charge is 2.16. The van der Waals surface area contributed by atoms with E-state index in [-0.39, 0.29) is 11.8 Å². The summed E-state index contributed by atoms with van der Waals surface area (Å²) < 4.78 is 0. The summed E-state index contributed by atoms with van der Waals surface area (Å²) in [4.78, 5) is 13.9. The molecule has 0 bridgehead atoms. The average Bonchev–Trinajstić information content (AvgIpc) is 2.61. The number of hydrogen-bond acceptors (Lipinski definition) is 3. The van der Waals surface area contributed by atoms with Gasteiger partial charge in [-0.05, 0) is 25.0 Å². The number of nitrogens with two attached hydrogens (primary N) is 1. The summed E-state index contributed by atoms with van der Waals surface area (Å²) in [6.07, 6.45) is 4.48. The molecule has 0 unspecified atom stereocenters. The predicted molar refractivity (Wildman–Crippen MR) is 71.6 cm³/mol. The third kappa shape index (κ3) is 3.06. The number of nitrogens with zero attached hydrogens (tertiary/aromatic N) is 1. The molecule has 0 spiro atoms. The normalized spacial score (nSPS) is 16.1. The van der Waals surface area contributed by atoms with Crippen molar-refractivity contribution in [3.05, 3.63) is 18.2 Å². The van der Waals surface area contributed by atoms with Crippen molar-refractivity contribution in [2.24, 2.45) is 0 Å². The summed E-state index contributed by atoms with van der Waals surface area (Å²) in [6.45, 7) is 1.59. The van der Waals surface area contributed by atoms with Crippen LogP contribution in [0.15, 0.2) is 18.2 Å². The molecular formula is C13H19N3O2. The molecule has 5 nitrogen and oxygen atoms in total. The summed E-state index contributed by atoms with van der Waals surface area (Å²) in [5, 5.41) is 12.0. The Morgan fingerprint density at radius 1 is 1.22 bits per heavy atom. The number of nitrogens with one attached hydrogen (secondary N) is 1. The summed E-state index contributed by atoms with van der Waals surface area (Å²) >= 11 is 0. The molecule has 5 heteroatoms. The molecule has 1 aliphatic rings. The molecule has 0 aliphatic carbocycles. The van der Waals surface area contributed by atoms with Crippen molar-refractivity contribution in [2.45, 2.75) is 25.7 Å². The van der Waals surface area contributed by atoms with Gasteiger partial charge in [0, 0.05) is 19.2 Å². The van der Waals surface area contributed by atoms with Crippen molar-refractivity contribution in [1.29, 1.82) is 0 Å². The Morgan fingerprint density at radius 2 is 1.89 bits per heavy atom. The number of phenols is 1. The van der Waals surface area contributed by atoms with E-state index in [1.807, 2.05) is 4.90 Å². The zero-order chi connectivity index (χ0) is 13.0. The molecule has 2 amide bonds. The smallest absolute Gasteiger partial charge is 0.321 e. The number of amides is 2. The number of rotatable bonds is 1. The molecule has 1 aromatic carbocycles. The molecule has 0 radical (unpaired) electrons. The second kappa shape index (κ2) is 5.62. The lowest BCUT2D eigenvalue weighted by atomic mass is 10.2. The SMILES string of the molecule is Nc1cc(O)ccc1NC(=O)N1CCCCCC1. The minimum atomic E-state index is -0.116. The van der Waals surface area contributed by atoms with Gasteiger partial charge in [-0.1, -0.05) is 12.8 Å². The quantitative estimate of drug-likeness (QED) is 0.528. The first-order chi connectivity index (χ1) is 8.66. The molecule has 4 N–H and O–H groups in total. The predicted octanol–water partition coefficient (Wildman–Crippen LogP) is 2.38. The zero-order valence-electron chi connectivity index (χ0n) is 10.4. The summed E-state index contributed by atoms with van der Waals surface area (Å²) in [5.41, 5.74) is 6.65. The van der Waals surface area contributed by atoms with Crippen LogP contribution in [-0.4, -0.2) is 29.1 Å². The Hall–Kier alpha value is -1.91. The monoisotopic (exact) mass is 249 g/mol. The van der Waals surface area contributed by atoms with E-state index in [2.05, 4.69) is 5.32 Å². The van der Waals surface area contributed by atoms with Gasteiger partial charge < -0.3 is 21.1 Å². The second-order valence-corrected chi connectivity index (χ2v) is 4.60. The number of aromatic hydroxyl groups is 1. The van der Waals surface area contributed by atoms with Crippen molar-refractivity contribution < 1.29 is 9.90 Å². The Morgan fingerprint density at radius 3 is 2.50 bits per heavy atom. The molecule has 2 rings (SSSR count). The van der Waals surface area contributed by atoms with Crippen molar-refractivity contribution in [3.8, 4) is 5.75 Å². The molecule has 1 heterocycles. The number of carbonyl (C=O) groups is 1. The van der Waals surface area contributed by atoms with Crippen LogP contribution in [0.5, 0.6) is 5.75 Å². The maximum absolute atomic E-state index is 12.1. The van der Waals surface area contributed by atoms with Gasteiger partial charge in [-0.2, -0.15) is 0 Å². The highest BCUT2D eigenvalue weighted by atomic mass is 16.3. The van der Waals surface area contributed by atoms with Gasteiger partial charge in [-0.15, -0.1) is 0 Å². The maximum Gasteiger partial charge on any atom is 0.321 e. The molecule has 0 saturated carbocycles. The highest BCUT2D eigenvalue weighted by Crippen LogP contribution is 2.23. The Balaban J connectivity index is 2.01. The second-order valence-electron chi connectivity index (χ2n) is 4.60. The third-order valence-electron chi connectivity index (χ3n) is 3.17. The van der Waals surface area contributed by atoms with E-state index >= 15 is 0 Å². The summed E-state index contributed by atoms with van der Waals surface area (Å²) in [5.74, 6) is 0.0975. The number of likely N-dealkylation sites (tertiary alicyclic amines) is 1. The topological polar surface area (TPSA) is 78.6 Å². The largest absolute Gasteiger partial charge is 0.508 e. The van der Waals surface area contributed by atoms with Gasteiger partial charge in [0.15, 0.2) is 0 Å². The first-order valence-electron chi connectivity index (χ1n) is 6.31. The van der Waals surface area contributed by atoms with Crippen LogP contribution in [0, 0.1) is 0 Å². The zero-order valence-corrected chi connectivity index (χ0v) is 10.4. The molecule has 1 aromatic rings. The molecule has 0 atom stereocenters. The van der Waals surface area contributed by atoms with Gasteiger partial charge in [0.05, 0.1) is 11.4 Å². The van der Waals surface area contributed by atoms with Crippen LogP contribution in [0.4, 0.5) is 16.2 Å². The van der Waals surface area contributed by atoms with Crippen molar-refractivity contribution in [1.82, 2.24) is 4.90 Å². The van der Waals surface area contributed by atoms with Crippen molar-refractivity contribution in [2.75, 3.05) is 24.1 Å². The van der Waals surface area contributed by atoms with Crippen LogP contribution in [0.1, 0.15) is 25.7 Å². The van der Waals surface area contributed by atoms with E-state index in [0.717, 1.165) is 25.9 Å². The molecule has 0 aromatic heterocycles. The third-order valence-corrected chi connectivity index (χ3v) is 3.17. The molecule has 18 heavy (non-hydrogen) atoms. The minimum Gasteiger partial charge on any atom is -0.508 e. The number of phenolic OH excluding ortho intramolecular Hbond substituents is 1. The lowest BCUT2D eigenvalue weighted by Gasteiger charge is -2.21. The first-order valence-corrected chi connectivity index (χ1v) is 6.31. The fraction of sp³-hybridized carbons (Fsp3) is 0.462. The van der Waals surface area contributed by atoms with Crippen LogP contribution in [0.25, 0.3) is 0 Å². The van der Waals surface area contributed by atoms with Gasteiger partial charge in [0.1, 0.15) is 5.75 Å².